The molecule has 1 N–H and O–H groups in total. The predicted molar refractivity (Wildman–Crippen MR) is 68.7 cm³/mol. The van der Waals surface area contributed by atoms with E-state index in [2.05, 4.69) is 5.32 Å². The van der Waals surface area contributed by atoms with Gasteiger partial charge < -0.3 is 4.90 Å². The number of benzene rings is 1. The fourth-order valence-electron chi connectivity index (χ4n) is 2.41. The van der Waals surface area contributed by atoms with E-state index in [9.17, 15) is 22.4 Å². The molecule has 0 aromatic heterocycles. The van der Waals surface area contributed by atoms with Crippen molar-refractivity contribution in [3.63, 3.8) is 0 Å². The van der Waals surface area contributed by atoms with Crippen LogP contribution < -0.4 is 5.32 Å². The Labute approximate surface area is 119 Å². The van der Waals surface area contributed by atoms with Crippen molar-refractivity contribution in [2.45, 2.75) is 38.1 Å². The molecule has 1 aliphatic rings. The fraction of sp³-hybridized carbons (Fsp3) is 0.500. The standard InChI is InChI=1S/C14H16F4N2O/c1-2-11-13(21)20(7-6-14(16,17)18)12(19-11)9-4-3-5-10(15)8-9/h3-5,8,11-12,19H,2,6-7H2,1H3. The molecule has 1 heterocycles. The lowest BCUT2D eigenvalue weighted by Crippen LogP contribution is -2.34. The van der Waals surface area contributed by atoms with E-state index in [0.29, 0.717) is 12.0 Å². The summed E-state index contributed by atoms with van der Waals surface area (Å²) in [5.74, 6) is -0.867. The molecule has 2 unspecified atom stereocenters. The highest BCUT2D eigenvalue weighted by molar-refractivity contribution is 5.84. The summed E-state index contributed by atoms with van der Waals surface area (Å²) >= 11 is 0. The minimum absolute atomic E-state index is 0.379. The van der Waals surface area contributed by atoms with E-state index in [0.717, 1.165) is 4.90 Å². The predicted octanol–water partition coefficient (Wildman–Crippen LogP) is 2.99. The average Bonchev–Trinajstić information content (AvgIpc) is 2.72. The minimum Gasteiger partial charge on any atom is -0.321 e. The summed E-state index contributed by atoms with van der Waals surface area (Å²) in [5, 5.41) is 2.96. The van der Waals surface area contributed by atoms with Crippen molar-refractivity contribution < 1.29 is 22.4 Å². The van der Waals surface area contributed by atoms with Crippen molar-refractivity contribution >= 4 is 5.91 Å². The van der Waals surface area contributed by atoms with Crippen LogP contribution in [0.2, 0.25) is 0 Å². The van der Waals surface area contributed by atoms with Gasteiger partial charge in [0.15, 0.2) is 0 Å². The molecule has 2 rings (SSSR count). The van der Waals surface area contributed by atoms with E-state index >= 15 is 0 Å². The second kappa shape index (κ2) is 6.01. The van der Waals surface area contributed by atoms with E-state index in [1.165, 1.54) is 18.2 Å². The Morgan fingerprint density at radius 2 is 2.05 bits per heavy atom. The van der Waals surface area contributed by atoms with E-state index in [-0.39, 0.29) is 5.91 Å². The number of alkyl halides is 3. The molecular formula is C14H16F4N2O. The van der Waals surface area contributed by atoms with Gasteiger partial charge in [-0.3, -0.25) is 10.1 Å². The van der Waals surface area contributed by atoms with Crippen molar-refractivity contribution in [3.05, 3.63) is 35.6 Å². The Bertz CT molecular complexity index is 518. The van der Waals surface area contributed by atoms with Crippen molar-refractivity contribution in [2.75, 3.05) is 6.54 Å². The number of halogens is 4. The maximum atomic E-state index is 13.3. The van der Waals surface area contributed by atoms with E-state index in [1.807, 2.05) is 0 Å². The molecule has 0 bridgehead atoms. The van der Waals surface area contributed by atoms with Gasteiger partial charge in [-0.25, -0.2) is 4.39 Å². The van der Waals surface area contributed by atoms with Crippen molar-refractivity contribution in [3.8, 4) is 0 Å². The first-order chi connectivity index (χ1) is 9.81. The summed E-state index contributed by atoms with van der Waals surface area (Å²) in [6.07, 6.45) is -5.67. The zero-order chi connectivity index (χ0) is 15.6. The third kappa shape index (κ3) is 3.72. The van der Waals surface area contributed by atoms with Gasteiger partial charge in [-0.15, -0.1) is 0 Å². The third-order valence-corrected chi connectivity index (χ3v) is 3.46. The van der Waals surface area contributed by atoms with Crippen LogP contribution in [0.1, 0.15) is 31.5 Å². The summed E-state index contributed by atoms with van der Waals surface area (Å²) in [6.45, 7) is 1.33. The molecule has 2 atom stereocenters. The number of nitrogens with zero attached hydrogens (tertiary/aromatic N) is 1. The zero-order valence-corrected chi connectivity index (χ0v) is 11.5. The molecule has 1 aromatic carbocycles. The monoisotopic (exact) mass is 304 g/mol. The Kier molecular flexibility index (Phi) is 4.51. The first kappa shape index (κ1) is 15.8. The van der Waals surface area contributed by atoms with Crippen LogP contribution in [-0.4, -0.2) is 29.6 Å². The first-order valence-corrected chi connectivity index (χ1v) is 6.70. The molecule has 0 aliphatic carbocycles. The lowest BCUT2D eigenvalue weighted by Gasteiger charge is -2.25. The summed E-state index contributed by atoms with van der Waals surface area (Å²) in [5.41, 5.74) is 0.446. The van der Waals surface area contributed by atoms with Gasteiger partial charge in [-0.1, -0.05) is 19.1 Å². The molecule has 1 saturated heterocycles. The second-order valence-electron chi connectivity index (χ2n) is 4.98. The van der Waals surface area contributed by atoms with Crippen LogP contribution in [0.5, 0.6) is 0 Å². The van der Waals surface area contributed by atoms with Gasteiger partial charge in [-0.05, 0) is 24.1 Å². The van der Waals surface area contributed by atoms with Crippen LogP contribution in [0.15, 0.2) is 24.3 Å². The molecule has 0 spiro atoms. The topological polar surface area (TPSA) is 32.3 Å². The molecule has 1 aliphatic heterocycles. The molecule has 0 radical (unpaired) electrons. The number of hydrogen-bond acceptors (Lipinski definition) is 2. The summed E-state index contributed by atoms with van der Waals surface area (Å²) in [4.78, 5) is 13.3. The van der Waals surface area contributed by atoms with Gasteiger partial charge >= 0.3 is 6.18 Å². The quantitative estimate of drug-likeness (QED) is 0.867. The Balaban J connectivity index is 2.22. The van der Waals surface area contributed by atoms with E-state index in [1.54, 1.807) is 13.0 Å². The number of amides is 1. The van der Waals surface area contributed by atoms with Crippen LogP contribution in [0, 0.1) is 5.82 Å². The maximum Gasteiger partial charge on any atom is 0.390 e. The van der Waals surface area contributed by atoms with Crippen LogP contribution in [0.25, 0.3) is 0 Å². The van der Waals surface area contributed by atoms with Crippen molar-refractivity contribution in [2.24, 2.45) is 0 Å². The van der Waals surface area contributed by atoms with Gasteiger partial charge in [0.2, 0.25) is 5.91 Å². The van der Waals surface area contributed by atoms with Crippen LogP contribution in [0.4, 0.5) is 17.6 Å². The van der Waals surface area contributed by atoms with Gasteiger partial charge in [0, 0.05) is 6.54 Å². The molecule has 0 saturated carbocycles. The van der Waals surface area contributed by atoms with Gasteiger partial charge in [0.1, 0.15) is 12.0 Å². The molecule has 7 heteroatoms. The lowest BCUT2D eigenvalue weighted by atomic mass is 10.1. The second-order valence-corrected chi connectivity index (χ2v) is 4.98. The highest BCUT2D eigenvalue weighted by atomic mass is 19.4. The van der Waals surface area contributed by atoms with Crippen molar-refractivity contribution in [1.29, 1.82) is 0 Å². The third-order valence-electron chi connectivity index (χ3n) is 3.46. The SMILES string of the molecule is CCC1NC(c2cccc(F)c2)N(CCC(F)(F)F)C1=O. The Hall–Kier alpha value is -1.63. The maximum absolute atomic E-state index is 13.3. The Morgan fingerprint density at radius 3 is 2.62 bits per heavy atom. The molecule has 1 fully saturated rings. The normalized spacial score (nSPS) is 22.9. The average molecular weight is 304 g/mol. The van der Waals surface area contributed by atoms with Gasteiger partial charge in [0.25, 0.3) is 0 Å². The number of hydrogen-bond donors (Lipinski definition) is 1. The molecule has 1 amide bonds. The number of rotatable bonds is 4. The number of carbonyl (C=O) groups excluding carboxylic acids is 1. The molecule has 3 nitrogen and oxygen atoms in total. The molecule has 116 valence electrons. The van der Waals surface area contributed by atoms with Crippen LogP contribution in [-0.2, 0) is 4.79 Å². The number of nitrogens with one attached hydrogen (secondary N) is 1. The first-order valence-electron chi connectivity index (χ1n) is 6.70. The zero-order valence-electron chi connectivity index (χ0n) is 11.5. The van der Waals surface area contributed by atoms with Crippen LogP contribution >= 0.6 is 0 Å². The van der Waals surface area contributed by atoms with E-state index in [4.69, 9.17) is 0 Å². The molecule has 21 heavy (non-hydrogen) atoms. The highest BCUT2D eigenvalue weighted by Crippen LogP contribution is 2.29. The minimum atomic E-state index is -4.34. The fourth-order valence-corrected chi connectivity index (χ4v) is 2.41. The van der Waals surface area contributed by atoms with Crippen LogP contribution in [0.3, 0.4) is 0 Å². The molecular weight excluding hydrogens is 288 g/mol. The lowest BCUT2D eigenvalue weighted by molar-refractivity contribution is -0.145. The largest absolute Gasteiger partial charge is 0.390 e. The smallest absolute Gasteiger partial charge is 0.321 e. The van der Waals surface area contributed by atoms with Crippen molar-refractivity contribution in [1.82, 2.24) is 10.2 Å². The van der Waals surface area contributed by atoms with Gasteiger partial charge in [-0.2, -0.15) is 13.2 Å². The van der Waals surface area contributed by atoms with Gasteiger partial charge in [0.05, 0.1) is 12.5 Å². The molecule has 1 aromatic rings. The highest BCUT2D eigenvalue weighted by Gasteiger charge is 2.40. The Morgan fingerprint density at radius 1 is 1.33 bits per heavy atom. The summed E-state index contributed by atoms with van der Waals surface area (Å²) < 4.78 is 50.5. The summed E-state index contributed by atoms with van der Waals surface area (Å²) in [6, 6.07) is 5.00. The van der Waals surface area contributed by atoms with E-state index < -0.39 is 37.2 Å². The summed E-state index contributed by atoms with van der Waals surface area (Å²) in [7, 11) is 0. The number of carbonyl (C=O) groups is 1.